The molecular formula is C11H18N2O. The first-order valence-electron chi connectivity index (χ1n) is 5.26. The summed E-state index contributed by atoms with van der Waals surface area (Å²) in [6.07, 6.45) is 2.95. The van der Waals surface area contributed by atoms with Gasteiger partial charge in [-0.15, -0.1) is 0 Å². The van der Waals surface area contributed by atoms with Gasteiger partial charge in [0.15, 0.2) is 0 Å². The maximum Gasteiger partial charge on any atom is 0.117 e. The van der Waals surface area contributed by atoms with Crippen LogP contribution in [0.5, 0.6) is 0 Å². The highest BCUT2D eigenvalue weighted by Crippen LogP contribution is 2.20. The second-order valence-electron chi connectivity index (χ2n) is 4.22. The third kappa shape index (κ3) is 2.16. The molecule has 0 aliphatic carbocycles. The molecule has 3 nitrogen and oxygen atoms in total. The molecular weight excluding hydrogens is 176 g/mol. The highest BCUT2D eigenvalue weighted by atomic mass is 16.3. The van der Waals surface area contributed by atoms with Gasteiger partial charge in [-0.2, -0.15) is 0 Å². The number of nitrogens with two attached hydrogens (primary N) is 1. The molecule has 2 atom stereocenters. The summed E-state index contributed by atoms with van der Waals surface area (Å²) in [6.45, 7) is 5.28. The summed E-state index contributed by atoms with van der Waals surface area (Å²) in [7, 11) is 0. The lowest BCUT2D eigenvalue weighted by atomic mass is 10.0. The van der Waals surface area contributed by atoms with Crippen LogP contribution in [0.25, 0.3) is 0 Å². The van der Waals surface area contributed by atoms with Gasteiger partial charge in [0.05, 0.1) is 12.8 Å². The summed E-state index contributed by atoms with van der Waals surface area (Å²) < 4.78 is 5.32. The van der Waals surface area contributed by atoms with Crippen LogP contribution in [0.2, 0.25) is 0 Å². The van der Waals surface area contributed by atoms with Crippen molar-refractivity contribution >= 4 is 0 Å². The van der Waals surface area contributed by atoms with E-state index in [4.69, 9.17) is 10.2 Å². The van der Waals surface area contributed by atoms with E-state index in [1.54, 1.807) is 6.26 Å². The average Bonchev–Trinajstić information content (AvgIpc) is 2.75. The molecule has 2 heterocycles. The lowest BCUT2D eigenvalue weighted by molar-refractivity contribution is 0.281. The molecule has 0 aromatic carbocycles. The van der Waals surface area contributed by atoms with E-state index in [2.05, 4.69) is 11.8 Å². The second-order valence-corrected chi connectivity index (χ2v) is 4.22. The van der Waals surface area contributed by atoms with E-state index in [0.717, 1.165) is 25.4 Å². The normalized spacial score (nSPS) is 25.4. The quantitative estimate of drug-likeness (QED) is 0.792. The summed E-state index contributed by atoms with van der Waals surface area (Å²) in [4.78, 5) is 2.41. The van der Waals surface area contributed by atoms with E-state index in [-0.39, 0.29) is 0 Å². The van der Waals surface area contributed by atoms with E-state index in [0.29, 0.717) is 12.0 Å². The molecule has 78 valence electrons. The third-order valence-corrected chi connectivity index (χ3v) is 3.01. The monoisotopic (exact) mass is 194 g/mol. The lowest BCUT2D eigenvalue weighted by Gasteiger charge is -2.16. The summed E-state index contributed by atoms with van der Waals surface area (Å²) in [5, 5.41) is 0. The average molecular weight is 194 g/mol. The van der Waals surface area contributed by atoms with Crippen LogP contribution in [-0.2, 0) is 6.54 Å². The smallest absolute Gasteiger partial charge is 0.117 e. The first kappa shape index (κ1) is 9.74. The second kappa shape index (κ2) is 4.15. The molecule has 0 bridgehead atoms. The van der Waals surface area contributed by atoms with Gasteiger partial charge in [-0.05, 0) is 37.9 Å². The van der Waals surface area contributed by atoms with Gasteiger partial charge in [-0.25, -0.2) is 0 Å². The molecule has 0 amide bonds. The van der Waals surface area contributed by atoms with Crippen molar-refractivity contribution in [2.24, 2.45) is 11.7 Å². The van der Waals surface area contributed by atoms with E-state index in [1.165, 1.54) is 6.42 Å². The van der Waals surface area contributed by atoms with Gasteiger partial charge in [0.2, 0.25) is 0 Å². The summed E-state index contributed by atoms with van der Waals surface area (Å²) >= 11 is 0. The largest absolute Gasteiger partial charge is 0.468 e. The Hall–Kier alpha value is -0.800. The molecule has 1 aromatic rings. The van der Waals surface area contributed by atoms with Gasteiger partial charge >= 0.3 is 0 Å². The van der Waals surface area contributed by atoms with Gasteiger partial charge in [-0.3, -0.25) is 4.90 Å². The van der Waals surface area contributed by atoms with Crippen LogP contribution in [0, 0.1) is 5.92 Å². The van der Waals surface area contributed by atoms with Crippen molar-refractivity contribution in [3.63, 3.8) is 0 Å². The molecule has 0 saturated carbocycles. The third-order valence-electron chi connectivity index (χ3n) is 3.01. The SMILES string of the molecule is CC(N)C1CCN(Cc2ccco2)C1. The Morgan fingerprint density at radius 3 is 3.14 bits per heavy atom. The highest BCUT2D eigenvalue weighted by molar-refractivity contribution is 4.98. The van der Waals surface area contributed by atoms with E-state index in [9.17, 15) is 0 Å². The van der Waals surface area contributed by atoms with Crippen LogP contribution in [0.3, 0.4) is 0 Å². The maximum atomic E-state index is 5.88. The van der Waals surface area contributed by atoms with Crippen LogP contribution < -0.4 is 5.73 Å². The molecule has 1 aliphatic heterocycles. The van der Waals surface area contributed by atoms with Crippen molar-refractivity contribution in [1.29, 1.82) is 0 Å². The number of rotatable bonds is 3. The maximum absolute atomic E-state index is 5.88. The van der Waals surface area contributed by atoms with E-state index >= 15 is 0 Å². The molecule has 1 fully saturated rings. The minimum Gasteiger partial charge on any atom is -0.468 e. The zero-order valence-electron chi connectivity index (χ0n) is 8.65. The van der Waals surface area contributed by atoms with Crippen molar-refractivity contribution in [3.8, 4) is 0 Å². The Morgan fingerprint density at radius 1 is 1.71 bits per heavy atom. The Labute approximate surface area is 84.9 Å². The van der Waals surface area contributed by atoms with Crippen LogP contribution in [0.4, 0.5) is 0 Å². The summed E-state index contributed by atoms with van der Waals surface area (Å²) in [5.74, 6) is 1.71. The van der Waals surface area contributed by atoms with Crippen LogP contribution in [0.15, 0.2) is 22.8 Å². The highest BCUT2D eigenvalue weighted by Gasteiger charge is 2.25. The standard InChI is InChI=1S/C11H18N2O/c1-9(12)10-4-5-13(7-10)8-11-3-2-6-14-11/h2-3,6,9-10H,4-5,7-8,12H2,1H3. The molecule has 1 saturated heterocycles. The number of likely N-dealkylation sites (tertiary alicyclic amines) is 1. The summed E-state index contributed by atoms with van der Waals surface area (Å²) in [5.41, 5.74) is 5.88. The molecule has 0 spiro atoms. The van der Waals surface area contributed by atoms with Gasteiger partial charge in [0, 0.05) is 12.6 Å². The Bertz CT molecular complexity index is 269. The molecule has 2 unspecified atom stereocenters. The minimum atomic E-state index is 0.316. The Kier molecular flexibility index (Phi) is 2.89. The predicted octanol–water partition coefficient (Wildman–Crippen LogP) is 1.45. The zero-order valence-corrected chi connectivity index (χ0v) is 8.65. The van der Waals surface area contributed by atoms with E-state index in [1.807, 2.05) is 12.1 Å². The molecule has 14 heavy (non-hydrogen) atoms. The fourth-order valence-corrected chi connectivity index (χ4v) is 2.06. The van der Waals surface area contributed by atoms with E-state index < -0.39 is 0 Å². The number of hydrogen-bond donors (Lipinski definition) is 1. The van der Waals surface area contributed by atoms with Crippen molar-refractivity contribution in [1.82, 2.24) is 4.90 Å². The van der Waals surface area contributed by atoms with Crippen molar-refractivity contribution in [2.45, 2.75) is 25.9 Å². The van der Waals surface area contributed by atoms with Crippen molar-refractivity contribution in [3.05, 3.63) is 24.2 Å². The fourth-order valence-electron chi connectivity index (χ4n) is 2.06. The van der Waals surface area contributed by atoms with Gasteiger partial charge in [0.1, 0.15) is 5.76 Å². The first-order valence-corrected chi connectivity index (χ1v) is 5.26. The van der Waals surface area contributed by atoms with Crippen LogP contribution in [-0.4, -0.2) is 24.0 Å². The number of furan rings is 1. The molecule has 2 N–H and O–H groups in total. The molecule has 0 radical (unpaired) electrons. The van der Waals surface area contributed by atoms with Crippen LogP contribution in [0.1, 0.15) is 19.1 Å². The summed E-state index contributed by atoms with van der Waals surface area (Å²) in [6, 6.07) is 4.28. The van der Waals surface area contributed by atoms with Gasteiger partial charge < -0.3 is 10.2 Å². The first-order chi connectivity index (χ1) is 6.75. The minimum absolute atomic E-state index is 0.316. The number of hydrogen-bond acceptors (Lipinski definition) is 3. The number of nitrogens with zero attached hydrogens (tertiary/aromatic N) is 1. The van der Waals surface area contributed by atoms with Gasteiger partial charge in [-0.1, -0.05) is 0 Å². The Balaban J connectivity index is 1.84. The van der Waals surface area contributed by atoms with Crippen molar-refractivity contribution < 1.29 is 4.42 Å². The van der Waals surface area contributed by atoms with Crippen LogP contribution >= 0.6 is 0 Å². The Morgan fingerprint density at radius 2 is 2.57 bits per heavy atom. The molecule has 3 heteroatoms. The predicted molar refractivity (Wildman–Crippen MR) is 55.7 cm³/mol. The lowest BCUT2D eigenvalue weighted by Crippen LogP contribution is -2.29. The fraction of sp³-hybridized carbons (Fsp3) is 0.636. The molecule has 2 rings (SSSR count). The molecule has 1 aromatic heterocycles. The van der Waals surface area contributed by atoms with Gasteiger partial charge in [0.25, 0.3) is 0 Å². The molecule has 1 aliphatic rings. The zero-order chi connectivity index (χ0) is 9.97. The van der Waals surface area contributed by atoms with Crippen molar-refractivity contribution in [2.75, 3.05) is 13.1 Å². The topological polar surface area (TPSA) is 42.4 Å².